The zero-order valence-electron chi connectivity index (χ0n) is 11.1. The van der Waals surface area contributed by atoms with Gasteiger partial charge in [0.15, 0.2) is 11.9 Å². The first-order valence-electron chi connectivity index (χ1n) is 6.23. The van der Waals surface area contributed by atoms with E-state index in [1.54, 1.807) is 19.3 Å². The fourth-order valence-corrected chi connectivity index (χ4v) is 1.82. The molecule has 1 aromatic rings. The van der Waals surface area contributed by atoms with Crippen LogP contribution in [0, 0.1) is 0 Å². The molecule has 2 rings (SSSR count). The summed E-state index contributed by atoms with van der Waals surface area (Å²) in [4.78, 5) is 21.8. The fourth-order valence-electron chi connectivity index (χ4n) is 1.82. The summed E-state index contributed by atoms with van der Waals surface area (Å²) < 4.78 is 9.96. The lowest BCUT2D eigenvalue weighted by Crippen LogP contribution is -2.44. The van der Waals surface area contributed by atoms with Gasteiger partial charge in [-0.3, -0.25) is 0 Å². The Hall–Kier alpha value is -1.89. The Morgan fingerprint density at radius 3 is 2.58 bits per heavy atom. The highest BCUT2D eigenvalue weighted by atomic mass is 16.6. The molecule has 1 aliphatic rings. The van der Waals surface area contributed by atoms with Crippen molar-refractivity contribution in [1.29, 1.82) is 0 Å². The molecule has 0 aliphatic carbocycles. The Kier molecular flexibility index (Phi) is 4.51. The highest BCUT2D eigenvalue weighted by Gasteiger charge is 2.16. The zero-order chi connectivity index (χ0) is 13.7. The third-order valence-corrected chi connectivity index (χ3v) is 2.86. The van der Waals surface area contributed by atoms with Crippen LogP contribution in [-0.4, -0.2) is 55.3 Å². The molecule has 0 amide bonds. The van der Waals surface area contributed by atoms with Crippen LogP contribution in [0.25, 0.3) is 0 Å². The van der Waals surface area contributed by atoms with Crippen molar-refractivity contribution in [2.24, 2.45) is 0 Å². The summed E-state index contributed by atoms with van der Waals surface area (Å²) in [6.45, 7) is 5.26. The summed E-state index contributed by atoms with van der Waals surface area (Å²) in [6.07, 6.45) is 2.48. The largest absolute Gasteiger partial charge is 0.476 e. The van der Waals surface area contributed by atoms with Gasteiger partial charge in [0, 0.05) is 26.2 Å². The van der Waals surface area contributed by atoms with Crippen molar-refractivity contribution >= 4 is 11.9 Å². The first-order valence-corrected chi connectivity index (χ1v) is 6.23. The predicted molar refractivity (Wildman–Crippen MR) is 69.2 cm³/mol. The number of nitrogens with zero attached hydrogens (tertiary/aromatic N) is 3. The maximum Gasteiger partial charge on any atom is 0.346 e. The normalized spacial score (nSPS) is 16.8. The van der Waals surface area contributed by atoms with Gasteiger partial charge in [-0.25, -0.2) is 14.8 Å². The van der Waals surface area contributed by atoms with Gasteiger partial charge < -0.3 is 19.7 Å². The Labute approximate surface area is 111 Å². The van der Waals surface area contributed by atoms with Crippen molar-refractivity contribution in [1.82, 2.24) is 15.3 Å². The quantitative estimate of drug-likeness (QED) is 0.758. The number of aromatic nitrogens is 2. The first kappa shape index (κ1) is 13.5. The van der Waals surface area contributed by atoms with Crippen LogP contribution in [0.3, 0.4) is 0 Å². The molecule has 104 valence electrons. The Morgan fingerprint density at radius 1 is 1.37 bits per heavy atom. The van der Waals surface area contributed by atoms with Crippen molar-refractivity contribution < 1.29 is 14.3 Å². The molecule has 2 heterocycles. The SMILES string of the molecule is COC(=O)C(C)Oc1cnc(N2CCNCC2)nc1. The van der Waals surface area contributed by atoms with Gasteiger partial charge in [0.1, 0.15) is 0 Å². The topological polar surface area (TPSA) is 76.6 Å². The molecule has 1 N–H and O–H groups in total. The molecule has 1 atom stereocenters. The lowest BCUT2D eigenvalue weighted by molar-refractivity contribution is -0.147. The molecule has 0 saturated carbocycles. The second-order valence-corrected chi connectivity index (χ2v) is 4.24. The van der Waals surface area contributed by atoms with Crippen molar-refractivity contribution in [3.63, 3.8) is 0 Å². The highest BCUT2D eigenvalue weighted by Crippen LogP contribution is 2.14. The van der Waals surface area contributed by atoms with Gasteiger partial charge in [0.2, 0.25) is 5.95 Å². The summed E-state index contributed by atoms with van der Waals surface area (Å²) in [5.74, 6) is 0.711. The van der Waals surface area contributed by atoms with E-state index in [2.05, 4.69) is 24.9 Å². The molecule has 0 aromatic carbocycles. The van der Waals surface area contributed by atoms with E-state index in [1.807, 2.05) is 0 Å². The van der Waals surface area contributed by atoms with E-state index in [-0.39, 0.29) is 0 Å². The molecular weight excluding hydrogens is 248 g/mol. The molecule has 1 unspecified atom stereocenters. The minimum absolute atomic E-state index is 0.425. The first-order chi connectivity index (χ1) is 9.20. The number of methoxy groups -OCH3 is 1. The van der Waals surface area contributed by atoms with Crippen LogP contribution in [0.1, 0.15) is 6.92 Å². The van der Waals surface area contributed by atoms with Gasteiger partial charge in [0.05, 0.1) is 19.5 Å². The lowest BCUT2D eigenvalue weighted by atomic mass is 10.4. The van der Waals surface area contributed by atoms with E-state index in [9.17, 15) is 4.79 Å². The van der Waals surface area contributed by atoms with Crippen LogP contribution in [0.15, 0.2) is 12.4 Å². The second kappa shape index (κ2) is 6.33. The second-order valence-electron chi connectivity index (χ2n) is 4.24. The minimum atomic E-state index is -0.668. The number of anilines is 1. The average molecular weight is 266 g/mol. The van der Waals surface area contributed by atoms with Crippen molar-refractivity contribution in [3.8, 4) is 5.75 Å². The van der Waals surface area contributed by atoms with E-state index < -0.39 is 12.1 Å². The predicted octanol–water partition coefficient (Wildman–Crippen LogP) is -0.173. The third kappa shape index (κ3) is 3.54. The van der Waals surface area contributed by atoms with E-state index in [1.165, 1.54) is 7.11 Å². The molecule has 7 heteroatoms. The number of hydrogen-bond acceptors (Lipinski definition) is 7. The molecule has 7 nitrogen and oxygen atoms in total. The number of carbonyl (C=O) groups excluding carboxylic acids is 1. The molecule has 0 spiro atoms. The van der Waals surface area contributed by atoms with Crippen molar-refractivity contribution in [2.45, 2.75) is 13.0 Å². The highest BCUT2D eigenvalue weighted by molar-refractivity contribution is 5.74. The van der Waals surface area contributed by atoms with Crippen LogP contribution >= 0.6 is 0 Å². The van der Waals surface area contributed by atoms with Crippen LogP contribution in [-0.2, 0) is 9.53 Å². The number of carbonyl (C=O) groups is 1. The van der Waals surface area contributed by atoms with Gasteiger partial charge in [-0.1, -0.05) is 0 Å². The number of ether oxygens (including phenoxy) is 2. The molecule has 0 radical (unpaired) electrons. The van der Waals surface area contributed by atoms with Gasteiger partial charge in [0.25, 0.3) is 0 Å². The molecule has 1 aromatic heterocycles. The van der Waals surface area contributed by atoms with E-state index in [0.717, 1.165) is 26.2 Å². The minimum Gasteiger partial charge on any atom is -0.476 e. The monoisotopic (exact) mass is 266 g/mol. The number of hydrogen-bond donors (Lipinski definition) is 1. The Morgan fingerprint density at radius 2 is 2.00 bits per heavy atom. The summed E-state index contributed by atoms with van der Waals surface area (Å²) >= 11 is 0. The zero-order valence-corrected chi connectivity index (χ0v) is 11.1. The van der Waals surface area contributed by atoms with Gasteiger partial charge in [-0.15, -0.1) is 0 Å². The molecule has 1 saturated heterocycles. The molecule has 0 bridgehead atoms. The van der Waals surface area contributed by atoms with Gasteiger partial charge in [-0.2, -0.15) is 0 Å². The van der Waals surface area contributed by atoms with Crippen LogP contribution in [0.2, 0.25) is 0 Å². The smallest absolute Gasteiger partial charge is 0.346 e. The van der Waals surface area contributed by atoms with E-state index in [4.69, 9.17) is 4.74 Å². The van der Waals surface area contributed by atoms with Crippen molar-refractivity contribution in [3.05, 3.63) is 12.4 Å². The molecular formula is C12H18N4O3. The molecule has 1 fully saturated rings. The Balaban J connectivity index is 1.96. The number of rotatable bonds is 4. The summed E-state index contributed by atoms with van der Waals surface area (Å²) in [6, 6.07) is 0. The Bertz CT molecular complexity index is 417. The summed E-state index contributed by atoms with van der Waals surface area (Å²) in [7, 11) is 1.33. The summed E-state index contributed by atoms with van der Waals surface area (Å²) in [5, 5.41) is 3.27. The number of nitrogens with one attached hydrogen (secondary N) is 1. The van der Waals surface area contributed by atoms with Crippen molar-refractivity contribution in [2.75, 3.05) is 38.2 Å². The summed E-state index contributed by atoms with van der Waals surface area (Å²) in [5.41, 5.74) is 0. The van der Waals surface area contributed by atoms with E-state index >= 15 is 0 Å². The average Bonchev–Trinajstić information content (AvgIpc) is 2.48. The van der Waals surface area contributed by atoms with Gasteiger partial charge >= 0.3 is 5.97 Å². The van der Waals surface area contributed by atoms with Gasteiger partial charge in [-0.05, 0) is 6.92 Å². The van der Waals surface area contributed by atoms with Crippen LogP contribution in [0.5, 0.6) is 5.75 Å². The number of piperazine rings is 1. The van der Waals surface area contributed by atoms with E-state index in [0.29, 0.717) is 11.7 Å². The maximum absolute atomic E-state index is 11.2. The molecule has 19 heavy (non-hydrogen) atoms. The molecule has 1 aliphatic heterocycles. The maximum atomic E-state index is 11.2. The third-order valence-electron chi connectivity index (χ3n) is 2.86. The van der Waals surface area contributed by atoms with Crippen LogP contribution < -0.4 is 15.0 Å². The standard InChI is InChI=1S/C12H18N4O3/c1-9(11(17)18-2)19-10-7-14-12(15-8-10)16-5-3-13-4-6-16/h7-9,13H,3-6H2,1-2H3. The number of esters is 1. The fraction of sp³-hybridized carbons (Fsp3) is 0.583. The van der Waals surface area contributed by atoms with Crippen LogP contribution in [0.4, 0.5) is 5.95 Å². The lowest BCUT2D eigenvalue weighted by Gasteiger charge is -2.27.